The molecule has 0 radical (unpaired) electrons. The Balaban J connectivity index is 1.73. The number of rotatable bonds is 5. The zero-order chi connectivity index (χ0) is 18.7. The zero-order valence-corrected chi connectivity index (χ0v) is 15.2. The minimum absolute atomic E-state index is 0.122. The molecule has 0 aliphatic heterocycles. The lowest BCUT2D eigenvalue weighted by Gasteiger charge is -2.14. The van der Waals surface area contributed by atoms with E-state index in [1.807, 2.05) is 0 Å². The largest absolute Gasteiger partial charge is 0.324 e. The number of thioether (sulfide) groups is 1. The second kappa shape index (κ2) is 7.88. The molecule has 4 nitrogen and oxygen atoms in total. The molecule has 1 aromatic heterocycles. The SMILES string of the molecule is C[C@@H](Sc1nccn1-c1cccc(F)c1)C(=O)Nc1ccc(F)cc1Cl. The number of imidazole rings is 1. The summed E-state index contributed by atoms with van der Waals surface area (Å²) >= 11 is 7.14. The Labute approximate surface area is 158 Å². The Morgan fingerprint density at radius 1 is 1.23 bits per heavy atom. The Morgan fingerprint density at radius 3 is 2.73 bits per heavy atom. The molecule has 26 heavy (non-hydrogen) atoms. The summed E-state index contributed by atoms with van der Waals surface area (Å²) in [6.07, 6.45) is 3.27. The summed E-state index contributed by atoms with van der Waals surface area (Å²) in [5, 5.41) is 2.82. The van der Waals surface area contributed by atoms with Crippen molar-refractivity contribution < 1.29 is 13.6 Å². The maximum atomic E-state index is 13.4. The molecule has 1 atom stereocenters. The van der Waals surface area contributed by atoms with Gasteiger partial charge in [-0.15, -0.1) is 0 Å². The lowest BCUT2D eigenvalue weighted by molar-refractivity contribution is -0.115. The molecule has 0 unspecified atom stereocenters. The summed E-state index contributed by atoms with van der Waals surface area (Å²) in [4.78, 5) is 16.6. The highest BCUT2D eigenvalue weighted by Gasteiger charge is 2.19. The van der Waals surface area contributed by atoms with E-state index < -0.39 is 11.1 Å². The Morgan fingerprint density at radius 2 is 2.00 bits per heavy atom. The van der Waals surface area contributed by atoms with Gasteiger partial charge < -0.3 is 5.32 Å². The topological polar surface area (TPSA) is 46.9 Å². The number of carbonyl (C=O) groups excluding carboxylic acids is 1. The average Bonchev–Trinajstić information content (AvgIpc) is 3.05. The van der Waals surface area contributed by atoms with E-state index in [0.717, 1.165) is 6.07 Å². The van der Waals surface area contributed by atoms with E-state index >= 15 is 0 Å². The van der Waals surface area contributed by atoms with Crippen molar-refractivity contribution in [2.75, 3.05) is 5.32 Å². The van der Waals surface area contributed by atoms with Gasteiger partial charge in [-0.25, -0.2) is 13.8 Å². The highest BCUT2D eigenvalue weighted by atomic mass is 35.5. The first-order chi connectivity index (χ1) is 12.4. The number of benzene rings is 2. The minimum atomic E-state index is -0.508. The van der Waals surface area contributed by atoms with Crippen molar-refractivity contribution in [1.82, 2.24) is 9.55 Å². The lowest BCUT2D eigenvalue weighted by atomic mass is 10.3. The van der Waals surface area contributed by atoms with Crippen LogP contribution in [0.25, 0.3) is 5.69 Å². The third-order valence-corrected chi connectivity index (χ3v) is 4.93. The van der Waals surface area contributed by atoms with Crippen LogP contribution in [0, 0.1) is 11.6 Å². The van der Waals surface area contributed by atoms with E-state index in [2.05, 4.69) is 10.3 Å². The number of amides is 1. The summed E-state index contributed by atoms with van der Waals surface area (Å²) in [6, 6.07) is 9.84. The van der Waals surface area contributed by atoms with Gasteiger partial charge in [0.1, 0.15) is 11.6 Å². The van der Waals surface area contributed by atoms with Crippen molar-refractivity contribution in [2.45, 2.75) is 17.3 Å². The van der Waals surface area contributed by atoms with Crippen LogP contribution in [0.5, 0.6) is 0 Å². The first-order valence-electron chi connectivity index (χ1n) is 7.66. The Kier molecular flexibility index (Phi) is 5.58. The van der Waals surface area contributed by atoms with Gasteiger partial charge in [0.25, 0.3) is 0 Å². The molecule has 0 spiro atoms. The van der Waals surface area contributed by atoms with Gasteiger partial charge in [-0.05, 0) is 43.3 Å². The lowest BCUT2D eigenvalue weighted by Crippen LogP contribution is -2.23. The van der Waals surface area contributed by atoms with E-state index in [1.54, 1.807) is 36.0 Å². The monoisotopic (exact) mass is 393 g/mol. The molecule has 0 saturated carbocycles. The van der Waals surface area contributed by atoms with Crippen molar-refractivity contribution in [1.29, 1.82) is 0 Å². The summed E-state index contributed by atoms with van der Waals surface area (Å²) in [5.74, 6) is -1.14. The van der Waals surface area contributed by atoms with Gasteiger partial charge in [0, 0.05) is 12.4 Å². The molecule has 3 rings (SSSR count). The number of carbonyl (C=O) groups is 1. The van der Waals surface area contributed by atoms with Crippen LogP contribution in [0.2, 0.25) is 5.02 Å². The zero-order valence-electron chi connectivity index (χ0n) is 13.6. The predicted octanol–water partition coefficient (Wildman–Crippen LogP) is 4.92. The minimum Gasteiger partial charge on any atom is -0.324 e. The maximum absolute atomic E-state index is 13.4. The first-order valence-corrected chi connectivity index (χ1v) is 8.91. The second-order valence-corrected chi connectivity index (χ2v) is 7.15. The molecule has 3 aromatic rings. The normalized spacial score (nSPS) is 12.0. The number of anilines is 1. The summed E-state index contributed by atoms with van der Waals surface area (Å²) in [5.41, 5.74) is 0.943. The standard InChI is InChI=1S/C18H14ClF2N3OS/c1-11(17(25)23-16-6-5-13(21)10-15(16)19)26-18-22-7-8-24(18)14-4-2-3-12(20)9-14/h2-11H,1H3,(H,23,25)/t11-/m1/s1. The Hall–Kier alpha value is -2.38. The molecular weight excluding hydrogens is 380 g/mol. The average molecular weight is 394 g/mol. The molecule has 0 bridgehead atoms. The molecule has 0 fully saturated rings. The number of halogens is 3. The van der Waals surface area contributed by atoms with Crippen molar-refractivity contribution in [2.24, 2.45) is 0 Å². The highest BCUT2D eigenvalue weighted by molar-refractivity contribution is 8.00. The number of nitrogens with one attached hydrogen (secondary N) is 1. The number of nitrogens with zero attached hydrogens (tertiary/aromatic N) is 2. The van der Waals surface area contributed by atoms with Gasteiger partial charge in [-0.2, -0.15) is 0 Å². The van der Waals surface area contributed by atoms with Crippen LogP contribution in [0.4, 0.5) is 14.5 Å². The number of aromatic nitrogens is 2. The van der Waals surface area contributed by atoms with E-state index in [0.29, 0.717) is 16.5 Å². The van der Waals surface area contributed by atoms with Gasteiger partial charge in [0.2, 0.25) is 5.91 Å². The molecule has 0 aliphatic carbocycles. The fraction of sp³-hybridized carbons (Fsp3) is 0.111. The summed E-state index contributed by atoms with van der Waals surface area (Å²) < 4.78 is 28.2. The van der Waals surface area contributed by atoms with Crippen molar-refractivity contribution in [3.63, 3.8) is 0 Å². The van der Waals surface area contributed by atoms with Gasteiger partial charge in [-0.3, -0.25) is 9.36 Å². The molecule has 2 aromatic carbocycles. The molecule has 134 valence electrons. The fourth-order valence-electron chi connectivity index (χ4n) is 2.24. The van der Waals surface area contributed by atoms with E-state index in [4.69, 9.17) is 11.6 Å². The summed E-state index contributed by atoms with van der Waals surface area (Å²) in [6.45, 7) is 1.71. The second-order valence-electron chi connectivity index (χ2n) is 5.43. The van der Waals surface area contributed by atoms with Gasteiger partial charge in [-0.1, -0.05) is 29.4 Å². The molecular formula is C18H14ClF2N3OS. The molecule has 0 saturated heterocycles. The summed E-state index contributed by atoms with van der Waals surface area (Å²) in [7, 11) is 0. The van der Waals surface area contributed by atoms with Crippen LogP contribution in [-0.2, 0) is 4.79 Å². The van der Waals surface area contributed by atoms with Gasteiger partial charge in [0.05, 0.1) is 21.6 Å². The van der Waals surface area contributed by atoms with Crippen LogP contribution in [-0.4, -0.2) is 20.7 Å². The number of hydrogen-bond acceptors (Lipinski definition) is 3. The van der Waals surface area contributed by atoms with E-state index in [-0.39, 0.29) is 16.7 Å². The molecule has 1 amide bonds. The van der Waals surface area contributed by atoms with E-state index in [1.165, 1.54) is 36.0 Å². The van der Waals surface area contributed by atoms with Crippen LogP contribution in [0.15, 0.2) is 60.0 Å². The van der Waals surface area contributed by atoms with Gasteiger partial charge in [0.15, 0.2) is 5.16 Å². The van der Waals surface area contributed by atoms with Crippen LogP contribution >= 0.6 is 23.4 Å². The third-order valence-electron chi connectivity index (χ3n) is 3.53. The molecule has 0 aliphatic rings. The predicted molar refractivity (Wildman–Crippen MR) is 98.9 cm³/mol. The van der Waals surface area contributed by atoms with Gasteiger partial charge >= 0.3 is 0 Å². The third kappa shape index (κ3) is 4.23. The van der Waals surface area contributed by atoms with Crippen molar-refractivity contribution in [3.05, 3.63) is 71.5 Å². The Bertz CT molecular complexity index is 948. The highest BCUT2D eigenvalue weighted by Crippen LogP contribution is 2.27. The smallest absolute Gasteiger partial charge is 0.237 e. The van der Waals surface area contributed by atoms with E-state index in [9.17, 15) is 13.6 Å². The molecule has 1 N–H and O–H groups in total. The quantitative estimate of drug-likeness (QED) is 0.625. The number of hydrogen-bond donors (Lipinski definition) is 1. The molecule has 1 heterocycles. The van der Waals surface area contributed by atoms with Crippen LogP contribution in [0.1, 0.15) is 6.92 Å². The first kappa shape index (κ1) is 18.4. The fourth-order valence-corrected chi connectivity index (χ4v) is 3.33. The molecule has 8 heteroatoms. The van der Waals surface area contributed by atoms with Crippen LogP contribution < -0.4 is 5.32 Å². The van der Waals surface area contributed by atoms with Crippen LogP contribution in [0.3, 0.4) is 0 Å². The maximum Gasteiger partial charge on any atom is 0.237 e. The van der Waals surface area contributed by atoms with Crippen molar-refractivity contribution in [3.8, 4) is 5.69 Å². The van der Waals surface area contributed by atoms with Crippen molar-refractivity contribution >= 4 is 35.0 Å².